The number of benzene rings is 7. The summed E-state index contributed by atoms with van der Waals surface area (Å²) in [4.78, 5) is 11.1. The topological polar surface area (TPSA) is 17.1 Å². The molecule has 5 radical (unpaired) electrons. The third-order valence-electron chi connectivity index (χ3n) is 8.72. The predicted molar refractivity (Wildman–Crippen MR) is 235 cm³/mol. The second-order valence-corrected chi connectivity index (χ2v) is 16.8. The SMILES string of the molecule is C/C([C]1[CH][CH][CH][CH]1)=C(/[C-]=O)c1ccccc1.[Ru+2].c1ccc(P(c2ccccc2)c2ccccc2)cc1.c1ccc(P(c2ccccc2)c2ccccc2)cc1. The van der Waals surface area contributed by atoms with Gasteiger partial charge in [0.05, 0.1) is 6.29 Å². The molecule has 55 heavy (non-hydrogen) atoms. The van der Waals surface area contributed by atoms with Crippen LogP contribution in [-0.4, -0.2) is 6.29 Å². The number of allylic oxidation sites excluding steroid dienone is 2. The Bertz CT molecular complexity index is 1820. The minimum atomic E-state index is -0.446. The van der Waals surface area contributed by atoms with Crippen molar-refractivity contribution in [3.05, 3.63) is 255 Å². The molecule has 1 saturated carbocycles. The first-order valence-corrected chi connectivity index (χ1v) is 20.7. The Morgan fingerprint density at radius 2 is 0.618 bits per heavy atom. The van der Waals surface area contributed by atoms with Gasteiger partial charge in [-0.2, -0.15) is 5.57 Å². The molecule has 8 rings (SSSR count). The zero-order valence-corrected chi connectivity index (χ0v) is 34.2. The van der Waals surface area contributed by atoms with E-state index in [1.165, 1.54) is 31.8 Å². The Morgan fingerprint density at radius 3 is 0.855 bits per heavy atom. The molecule has 4 heteroatoms. The quantitative estimate of drug-likeness (QED) is 0.0613. The van der Waals surface area contributed by atoms with Gasteiger partial charge in [-0.1, -0.05) is 207 Å². The second kappa shape index (κ2) is 22.7. The molecular weight excluding hydrogens is 792 g/mol. The zero-order valence-electron chi connectivity index (χ0n) is 30.7. The number of hydrogen-bond acceptors (Lipinski definition) is 1. The van der Waals surface area contributed by atoms with Gasteiger partial charge in [-0.25, -0.2) is 0 Å². The molecule has 0 unspecified atom stereocenters. The van der Waals surface area contributed by atoms with Crippen LogP contribution < -0.4 is 31.8 Å². The maximum Gasteiger partial charge on any atom is 2.00 e. The minimum Gasteiger partial charge on any atom is -0.376 e. The largest absolute Gasteiger partial charge is 2.00 e. The molecule has 7 aromatic carbocycles. The van der Waals surface area contributed by atoms with E-state index in [9.17, 15) is 4.79 Å². The van der Waals surface area contributed by atoms with Crippen LogP contribution in [0, 0.1) is 31.6 Å². The molecule has 7 aromatic rings. The smallest absolute Gasteiger partial charge is 0.376 e. The molecule has 0 aromatic heterocycles. The average molecular weight is 834 g/mol. The van der Waals surface area contributed by atoms with Gasteiger partial charge in [0.1, 0.15) is 0 Å². The fraction of sp³-hybridized carbons (Fsp3) is 0.0196. The van der Waals surface area contributed by atoms with Crippen molar-refractivity contribution in [3.63, 3.8) is 0 Å². The van der Waals surface area contributed by atoms with Crippen LogP contribution in [0.3, 0.4) is 0 Å². The fourth-order valence-electron chi connectivity index (χ4n) is 6.08. The maximum absolute atomic E-state index is 11.1. The Kier molecular flexibility index (Phi) is 17.2. The van der Waals surface area contributed by atoms with Crippen molar-refractivity contribution < 1.29 is 24.3 Å². The van der Waals surface area contributed by atoms with E-state index < -0.39 is 15.8 Å². The third kappa shape index (κ3) is 12.0. The number of hydrogen-bond donors (Lipinski definition) is 0. The van der Waals surface area contributed by atoms with Crippen LogP contribution >= 0.6 is 15.8 Å². The minimum absolute atomic E-state index is 0. The standard InChI is InChI=1S/2C18H15P.C15H12O.Ru/c2*1-4-10-16(11-5-1)19(17-12-6-2-7-13-17)18-14-8-3-9-15-18;1-12(13-7-5-6-8-13)15(11-16)14-9-3-2-4-10-14;/h2*1-15H;2-10H,1H3;/q;;-1;+2/b;;15-12+;. The van der Waals surface area contributed by atoms with Crippen LogP contribution in [0.5, 0.6) is 0 Å². The summed E-state index contributed by atoms with van der Waals surface area (Å²) in [5.41, 5.74) is 2.51. The Balaban J connectivity index is 0.000000158. The van der Waals surface area contributed by atoms with E-state index in [0.717, 1.165) is 17.1 Å². The molecule has 0 heterocycles. The summed E-state index contributed by atoms with van der Waals surface area (Å²) in [6, 6.07) is 74.3. The summed E-state index contributed by atoms with van der Waals surface area (Å²) in [5.74, 6) is 1.07. The van der Waals surface area contributed by atoms with Gasteiger partial charge in [-0.05, 0) is 79.3 Å². The number of rotatable bonds is 9. The van der Waals surface area contributed by atoms with E-state index in [2.05, 4.69) is 182 Å². The summed E-state index contributed by atoms with van der Waals surface area (Å²) in [6.45, 7) is 1.95. The first kappa shape index (κ1) is 41.6. The second-order valence-electron chi connectivity index (χ2n) is 12.3. The van der Waals surface area contributed by atoms with Crippen molar-refractivity contribution in [1.82, 2.24) is 0 Å². The van der Waals surface area contributed by atoms with E-state index in [0.29, 0.717) is 5.57 Å². The average Bonchev–Trinajstić information content (AvgIpc) is 3.81. The van der Waals surface area contributed by atoms with E-state index in [4.69, 9.17) is 0 Å². The molecule has 0 N–H and O–H groups in total. The summed E-state index contributed by atoms with van der Waals surface area (Å²) in [7, 11) is -0.892. The Labute approximate surface area is 343 Å². The molecule has 1 fully saturated rings. The van der Waals surface area contributed by atoms with Crippen molar-refractivity contribution in [2.75, 3.05) is 0 Å². The molecule has 0 amide bonds. The van der Waals surface area contributed by atoms with Crippen molar-refractivity contribution in [2.24, 2.45) is 0 Å². The van der Waals surface area contributed by atoms with Crippen molar-refractivity contribution in [2.45, 2.75) is 6.92 Å². The molecule has 269 valence electrons. The van der Waals surface area contributed by atoms with Gasteiger partial charge in [-0.15, -0.1) is 23.3 Å². The normalized spacial score (nSPS) is 12.6. The monoisotopic (exact) mass is 834 g/mol. The zero-order chi connectivity index (χ0) is 37.2. The van der Waals surface area contributed by atoms with Gasteiger partial charge in [0.15, 0.2) is 0 Å². The van der Waals surface area contributed by atoms with Crippen molar-refractivity contribution in [3.8, 4) is 0 Å². The van der Waals surface area contributed by atoms with Gasteiger partial charge in [0, 0.05) is 0 Å². The van der Waals surface area contributed by atoms with Crippen LogP contribution in [-0.2, 0) is 24.3 Å². The van der Waals surface area contributed by atoms with Crippen molar-refractivity contribution in [1.29, 1.82) is 0 Å². The van der Waals surface area contributed by atoms with E-state index in [-0.39, 0.29) is 19.5 Å². The number of carbonyl (C=O) groups excluding carboxylic acids is 1. The maximum atomic E-state index is 11.1. The summed E-state index contributed by atoms with van der Waals surface area (Å²) in [6.07, 6.45) is 9.96. The van der Waals surface area contributed by atoms with Gasteiger partial charge < -0.3 is 4.79 Å². The third-order valence-corrected chi connectivity index (χ3v) is 13.6. The van der Waals surface area contributed by atoms with Crippen LogP contribution in [0.2, 0.25) is 0 Å². The fourth-order valence-corrected chi connectivity index (χ4v) is 10.7. The van der Waals surface area contributed by atoms with Gasteiger partial charge in [-0.3, -0.25) is 0 Å². The van der Waals surface area contributed by atoms with Gasteiger partial charge >= 0.3 is 19.5 Å². The molecule has 1 nitrogen and oxygen atoms in total. The molecule has 0 spiro atoms. The van der Waals surface area contributed by atoms with Crippen LogP contribution in [0.4, 0.5) is 0 Å². The summed E-state index contributed by atoms with van der Waals surface area (Å²) < 4.78 is 0. The first-order valence-electron chi connectivity index (χ1n) is 18.0. The van der Waals surface area contributed by atoms with E-state index in [1.54, 1.807) is 0 Å². The van der Waals surface area contributed by atoms with Crippen LogP contribution in [0.25, 0.3) is 5.57 Å². The molecule has 0 saturated heterocycles. The molecular formula is C51H42OP2Ru+. The molecule has 1 aliphatic rings. The van der Waals surface area contributed by atoms with E-state index >= 15 is 0 Å². The summed E-state index contributed by atoms with van der Waals surface area (Å²) in [5, 5.41) is 8.39. The molecule has 0 bridgehead atoms. The Hall–Kier alpha value is -4.57. The van der Waals surface area contributed by atoms with Crippen LogP contribution in [0.15, 0.2) is 218 Å². The first-order chi connectivity index (χ1) is 26.7. The molecule has 1 aliphatic carbocycles. The van der Waals surface area contributed by atoms with Crippen molar-refractivity contribution >= 4 is 59.5 Å². The summed E-state index contributed by atoms with van der Waals surface area (Å²) >= 11 is 0. The molecule has 0 atom stereocenters. The van der Waals surface area contributed by atoms with E-state index in [1.807, 2.05) is 69.2 Å². The van der Waals surface area contributed by atoms with Crippen LogP contribution in [0.1, 0.15) is 12.5 Å². The van der Waals surface area contributed by atoms with Gasteiger partial charge in [0.2, 0.25) is 0 Å². The predicted octanol–water partition coefficient (Wildman–Crippen LogP) is 9.86. The Morgan fingerprint density at radius 1 is 0.382 bits per heavy atom. The molecule has 0 aliphatic heterocycles. The van der Waals surface area contributed by atoms with Gasteiger partial charge in [0.25, 0.3) is 0 Å².